The second-order valence-electron chi connectivity index (χ2n) is 17.9. The lowest BCUT2D eigenvalue weighted by atomic mass is 9.81. The number of alkyl carbamates (subject to hydrolysis) is 1. The number of halogens is 1. The maximum atomic E-state index is 15.3. The lowest BCUT2D eigenvalue weighted by molar-refractivity contribution is -0.172. The number of cyclic esters (lactones) is 1. The molecule has 1 aliphatic carbocycles. The summed E-state index contributed by atoms with van der Waals surface area (Å²) in [6.45, 7) is 5.30. The van der Waals surface area contributed by atoms with Crippen LogP contribution in [-0.2, 0) is 70.0 Å². The molecule has 4 heterocycles. The van der Waals surface area contributed by atoms with Crippen LogP contribution in [0.1, 0.15) is 91.4 Å². The zero-order valence-electron chi connectivity index (χ0n) is 39.6. The van der Waals surface area contributed by atoms with Gasteiger partial charge in [-0.15, -0.1) is 0 Å². The van der Waals surface area contributed by atoms with Gasteiger partial charge >= 0.3 is 18.1 Å². The largest absolute Gasteiger partial charge is 0.458 e. The number of carbonyl (C=O) groups excluding carboxylic acids is 7. The van der Waals surface area contributed by atoms with Gasteiger partial charge in [-0.3, -0.25) is 24.0 Å². The summed E-state index contributed by atoms with van der Waals surface area (Å²) < 4.78 is 32.6. The first-order chi connectivity index (χ1) is 33.8. The fourth-order valence-corrected chi connectivity index (χ4v) is 8.90. The Morgan fingerprint density at radius 1 is 1.01 bits per heavy atom. The first-order valence-electron chi connectivity index (χ1n) is 23.2. The molecular formula is C48H57FN10O12. The van der Waals surface area contributed by atoms with Gasteiger partial charge in [0, 0.05) is 34.8 Å². The minimum Gasteiger partial charge on any atom is -0.458 e. The van der Waals surface area contributed by atoms with Crippen LogP contribution in [-0.4, -0.2) is 94.9 Å². The Morgan fingerprint density at radius 2 is 1.76 bits per heavy atom. The monoisotopic (exact) mass is 984 g/mol. The predicted molar refractivity (Wildman–Crippen MR) is 252 cm³/mol. The molecule has 0 saturated heterocycles. The summed E-state index contributed by atoms with van der Waals surface area (Å²) in [6, 6.07) is 6.12. The maximum Gasteiger partial charge on any atom is 0.407 e. The number of pyridine rings is 2. The van der Waals surface area contributed by atoms with E-state index in [1.807, 2.05) is 0 Å². The Bertz CT molecular complexity index is 2860. The molecule has 7 amide bonds. The molecule has 2 aromatic heterocycles. The van der Waals surface area contributed by atoms with E-state index in [-0.39, 0.29) is 62.9 Å². The molecule has 22 nitrogen and oxygen atoms in total. The predicted octanol–water partition coefficient (Wildman–Crippen LogP) is 1.50. The Kier molecular flexibility index (Phi) is 15.7. The summed E-state index contributed by atoms with van der Waals surface area (Å²) in [5.74, 6) is -3.67. The second kappa shape index (κ2) is 21.6. The molecule has 4 aromatic rings. The highest BCUT2D eigenvalue weighted by Crippen LogP contribution is 2.46. The van der Waals surface area contributed by atoms with Gasteiger partial charge in [-0.05, 0) is 85.4 Å². The van der Waals surface area contributed by atoms with E-state index in [1.165, 1.54) is 10.6 Å². The van der Waals surface area contributed by atoms with Crippen LogP contribution in [0.5, 0.6) is 0 Å². The number of carbonyl (C=O) groups is 7. The molecule has 378 valence electrons. The zero-order valence-corrected chi connectivity index (χ0v) is 39.6. The molecule has 0 fully saturated rings. The molecule has 4 atom stereocenters. The molecule has 0 radical (unpaired) electrons. The van der Waals surface area contributed by atoms with Crippen molar-refractivity contribution in [3.05, 3.63) is 91.5 Å². The minimum absolute atomic E-state index is 0.0406. The van der Waals surface area contributed by atoms with Crippen molar-refractivity contribution in [1.82, 2.24) is 36.1 Å². The number of esters is 1. The number of benzene rings is 2. The molecule has 2 aliphatic heterocycles. The first kappa shape index (κ1) is 51.4. The summed E-state index contributed by atoms with van der Waals surface area (Å²) in [4.78, 5) is 106. The van der Waals surface area contributed by atoms with Crippen molar-refractivity contribution < 1.29 is 57.3 Å². The second-order valence-corrected chi connectivity index (χ2v) is 17.9. The summed E-state index contributed by atoms with van der Waals surface area (Å²) in [7, 11) is 0. The molecule has 0 unspecified atom stereocenters. The Balaban J connectivity index is 0.885. The summed E-state index contributed by atoms with van der Waals surface area (Å²) in [5.41, 5.74) is 13.3. The van der Waals surface area contributed by atoms with Crippen molar-refractivity contribution in [3.8, 4) is 11.4 Å². The molecule has 11 N–H and O–H groups in total. The summed E-state index contributed by atoms with van der Waals surface area (Å²) in [6.07, 6.45) is 0.395. The molecule has 71 heavy (non-hydrogen) atoms. The number of aliphatic hydroxyl groups is 1. The van der Waals surface area contributed by atoms with Gasteiger partial charge in [-0.2, -0.15) is 0 Å². The number of fused-ring (bicyclic) bond motifs is 5. The number of aromatic nitrogens is 2. The number of nitrogens with zero attached hydrogens (tertiary/aromatic N) is 2. The number of rotatable bonds is 19. The van der Waals surface area contributed by atoms with E-state index in [0.717, 1.165) is 5.56 Å². The van der Waals surface area contributed by atoms with Crippen molar-refractivity contribution in [2.45, 2.75) is 103 Å². The number of urea groups is 1. The maximum absolute atomic E-state index is 15.3. The third kappa shape index (κ3) is 11.1. The highest BCUT2D eigenvalue weighted by Gasteiger charge is 2.46. The van der Waals surface area contributed by atoms with Gasteiger partial charge < -0.3 is 67.3 Å². The van der Waals surface area contributed by atoms with Crippen LogP contribution in [0.4, 0.5) is 19.7 Å². The van der Waals surface area contributed by atoms with Crippen LogP contribution in [0.15, 0.2) is 41.2 Å². The van der Waals surface area contributed by atoms with Crippen molar-refractivity contribution >= 4 is 58.3 Å². The van der Waals surface area contributed by atoms with E-state index in [4.69, 9.17) is 30.7 Å². The number of hydrogen-bond acceptors (Lipinski definition) is 14. The number of primary amides is 1. The van der Waals surface area contributed by atoms with Gasteiger partial charge in [0.1, 0.15) is 45.0 Å². The quantitative estimate of drug-likeness (QED) is 0.0322. The highest BCUT2D eigenvalue weighted by molar-refractivity contribution is 5.98. The smallest absolute Gasteiger partial charge is 0.407 e. The van der Waals surface area contributed by atoms with Crippen LogP contribution in [0.2, 0.25) is 0 Å². The number of anilines is 1. The fraction of sp³-hybridized carbons (Fsp3) is 0.438. The number of aryl methyl sites for hydroxylation is 1. The number of nitrogens with one attached hydrogen (secondary N) is 6. The zero-order chi connectivity index (χ0) is 51.3. The average molecular weight is 985 g/mol. The normalized spacial score (nSPS) is 17.2. The molecule has 3 aliphatic rings. The van der Waals surface area contributed by atoms with Gasteiger partial charge in [0.15, 0.2) is 5.60 Å². The van der Waals surface area contributed by atoms with Crippen LogP contribution >= 0.6 is 0 Å². The van der Waals surface area contributed by atoms with Crippen LogP contribution < -0.4 is 48.9 Å². The molecule has 0 saturated carbocycles. The Hall–Kier alpha value is -7.50. The molecule has 0 spiro atoms. The van der Waals surface area contributed by atoms with Crippen LogP contribution in [0.25, 0.3) is 22.3 Å². The number of ether oxygens (including phenoxy) is 3. The Labute approximate surface area is 406 Å². The molecule has 2 aromatic carbocycles. The fourth-order valence-electron chi connectivity index (χ4n) is 8.90. The molecule has 23 heteroatoms. The topological polar surface area (TPSA) is 327 Å². The molecular weight excluding hydrogens is 928 g/mol. The van der Waals surface area contributed by atoms with Gasteiger partial charge in [-0.25, -0.2) is 23.8 Å². The number of amides is 7. The van der Waals surface area contributed by atoms with Crippen molar-refractivity contribution in [3.63, 3.8) is 0 Å². The Morgan fingerprint density at radius 3 is 2.46 bits per heavy atom. The molecule has 7 rings (SSSR count). The highest BCUT2D eigenvalue weighted by atomic mass is 19.1. The van der Waals surface area contributed by atoms with Crippen molar-refractivity contribution in [2.75, 3.05) is 31.7 Å². The van der Waals surface area contributed by atoms with E-state index in [0.29, 0.717) is 69.5 Å². The van der Waals surface area contributed by atoms with Crippen molar-refractivity contribution in [1.29, 1.82) is 0 Å². The van der Waals surface area contributed by atoms with E-state index in [1.54, 1.807) is 58.0 Å². The third-order valence-electron chi connectivity index (χ3n) is 12.9. The minimum atomic E-state index is -2.04. The van der Waals surface area contributed by atoms with Gasteiger partial charge in [0.2, 0.25) is 23.6 Å². The lowest BCUT2D eigenvalue weighted by Crippen LogP contribution is -2.51. The number of hydrogen-bond donors (Lipinski definition) is 9. The van der Waals surface area contributed by atoms with Crippen molar-refractivity contribution in [2.24, 2.45) is 17.4 Å². The summed E-state index contributed by atoms with van der Waals surface area (Å²) >= 11 is 0. The van der Waals surface area contributed by atoms with E-state index in [9.17, 15) is 43.5 Å². The molecule has 0 bridgehead atoms. The SMILES string of the molecule is CC[C@@]1(O)C(=O)OCc2c1cc1n(c2=O)Cc2c-1nc1cc(F)c(C)c3c1c2[C@@H](NC(=O)COCNC(=O)CNC(=O)OCc1ccc(NC(=O)[C@H](CCCNC(N)=O)NC(=O)[C@@H](N)C(C)C)cc1)CC3. The summed E-state index contributed by atoms with van der Waals surface area (Å²) in [5, 5.41) is 27.6. The van der Waals surface area contributed by atoms with E-state index >= 15 is 4.39 Å². The van der Waals surface area contributed by atoms with E-state index < -0.39 is 90.0 Å². The average Bonchev–Trinajstić information content (AvgIpc) is 3.71. The van der Waals surface area contributed by atoms with Gasteiger partial charge in [0.25, 0.3) is 5.56 Å². The standard InChI is InChI=1S/C48H57FN10O12/c1-5-48(68)30-15-35-41-28(18-59(35)44(64)29(30)20-70-45(48)65)39-32(13-12-27-24(4)31(49)16-34(57-41)38(27)39)56-37(61)21-69-22-54-36(60)17-53-47(67)71-19-25-8-10-26(11-9-25)55-42(62)33(7-6-14-52-46(51)66)58-43(63)40(50)23(2)3/h8-11,15-16,23,32-33,40,68H,5-7,12-14,17-22,50H2,1-4H3,(H,53,67)(H,54,60)(H,55,62)(H,56,61)(H,58,63)(H3,51,52,66)/t32-,33-,40-,48-/m0/s1. The van der Waals surface area contributed by atoms with Crippen LogP contribution in [0, 0.1) is 18.7 Å². The first-order valence-corrected chi connectivity index (χ1v) is 23.2. The van der Waals surface area contributed by atoms with E-state index in [2.05, 4.69) is 31.9 Å². The lowest BCUT2D eigenvalue weighted by Gasteiger charge is -2.31. The third-order valence-corrected chi connectivity index (χ3v) is 12.9. The van der Waals surface area contributed by atoms with Crippen LogP contribution in [0.3, 0.4) is 0 Å². The van der Waals surface area contributed by atoms with Gasteiger partial charge in [0.05, 0.1) is 41.1 Å². The van der Waals surface area contributed by atoms with Gasteiger partial charge in [-0.1, -0.05) is 32.9 Å². The number of nitrogens with two attached hydrogens (primary N) is 2.